The number of carbonyl (C=O) groups excluding carboxylic acids is 4. The molecule has 0 aromatic carbocycles. The number of halogens is 1. The Morgan fingerprint density at radius 1 is 0.929 bits per heavy atom. The summed E-state index contributed by atoms with van der Waals surface area (Å²) in [5, 5.41) is 0. The lowest BCUT2D eigenvalue weighted by Gasteiger charge is -2.72. The second-order valence-electron chi connectivity index (χ2n) is 15.6. The Kier molecular flexibility index (Phi) is 7.76. The van der Waals surface area contributed by atoms with Gasteiger partial charge in [-0.1, -0.05) is 48.5 Å². The van der Waals surface area contributed by atoms with Crippen LogP contribution in [-0.4, -0.2) is 42.5 Å². The van der Waals surface area contributed by atoms with Crippen molar-refractivity contribution in [2.45, 2.75) is 113 Å². The average molecular weight is 605 g/mol. The molecule has 7 nitrogen and oxygen atoms in total. The smallest absolute Gasteiger partial charge is 0.341 e. The zero-order valence-corrected chi connectivity index (χ0v) is 27.4. The largest absolute Gasteiger partial charge is 0.464 e. The van der Waals surface area contributed by atoms with Gasteiger partial charge in [0.1, 0.15) is 24.0 Å². The molecule has 3 unspecified atom stereocenters. The number of esters is 4. The summed E-state index contributed by atoms with van der Waals surface area (Å²) in [6.07, 6.45) is 6.89. The molecule has 4 saturated carbocycles. The lowest BCUT2D eigenvalue weighted by atomic mass is 9.32. The van der Waals surface area contributed by atoms with Crippen molar-refractivity contribution in [3.63, 3.8) is 0 Å². The van der Waals surface area contributed by atoms with Crippen LogP contribution in [0.25, 0.3) is 0 Å². The fourth-order valence-corrected chi connectivity index (χ4v) is 11.2. The van der Waals surface area contributed by atoms with Crippen molar-refractivity contribution < 1.29 is 33.4 Å². The number of hydrogen-bond acceptors (Lipinski definition) is 7. The normalized spacial score (nSPS) is 42.5. The molecule has 234 valence electrons. The Bertz CT molecular complexity index is 1220. The van der Waals surface area contributed by atoms with E-state index < -0.39 is 23.3 Å². The minimum absolute atomic E-state index is 0.0198. The fourth-order valence-electron chi connectivity index (χ4n) is 11.2. The Hall–Kier alpha value is -1.89. The van der Waals surface area contributed by atoms with E-state index in [0.29, 0.717) is 23.8 Å². The summed E-state index contributed by atoms with van der Waals surface area (Å²) < 4.78 is 16.8. The van der Waals surface area contributed by atoms with Gasteiger partial charge in [0.05, 0.1) is 0 Å². The number of fused-ring (bicyclic) bond motifs is 7. The molecule has 0 N–H and O–H groups in total. The highest BCUT2D eigenvalue weighted by Crippen LogP contribution is 2.76. The van der Waals surface area contributed by atoms with Crippen LogP contribution in [-0.2, 0) is 33.4 Å². The molecule has 0 bridgehead atoms. The second-order valence-corrected chi connectivity index (χ2v) is 15.9. The first-order valence-corrected chi connectivity index (χ1v) is 16.4. The van der Waals surface area contributed by atoms with Gasteiger partial charge in [-0.3, -0.25) is 14.4 Å². The first-order chi connectivity index (χ1) is 19.5. The summed E-state index contributed by atoms with van der Waals surface area (Å²) in [4.78, 5) is 51.1. The van der Waals surface area contributed by atoms with Gasteiger partial charge in [-0.15, -0.1) is 11.6 Å². The van der Waals surface area contributed by atoms with Crippen LogP contribution >= 0.6 is 11.6 Å². The predicted octanol–water partition coefficient (Wildman–Crippen LogP) is 6.79. The first kappa shape index (κ1) is 31.5. The Labute approximate surface area is 255 Å². The van der Waals surface area contributed by atoms with Crippen molar-refractivity contribution in [3.05, 3.63) is 11.1 Å². The summed E-state index contributed by atoms with van der Waals surface area (Å²) in [5.41, 5.74) is 0.0940. The number of carbonyl (C=O) groups is 4. The van der Waals surface area contributed by atoms with Gasteiger partial charge in [0.15, 0.2) is 0 Å². The van der Waals surface area contributed by atoms with E-state index in [1.807, 2.05) is 13.8 Å². The van der Waals surface area contributed by atoms with Crippen molar-refractivity contribution in [2.75, 3.05) is 12.5 Å². The molecule has 8 heteroatoms. The van der Waals surface area contributed by atoms with E-state index in [1.165, 1.54) is 6.92 Å². The van der Waals surface area contributed by atoms with Gasteiger partial charge in [-0.2, -0.15) is 0 Å². The molecule has 1 aliphatic heterocycles. The van der Waals surface area contributed by atoms with Gasteiger partial charge in [0.25, 0.3) is 0 Å². The van der Waals surface area contributed by atoms with Gasteiger partial charge in [-0.05, 0) is 96.9 Å². The topological polar surface area (TPSA) is 96.0 Å². The molecule has 0 aromatic rings. The van der Waals surface area contributed by atoms with Gasteiger partial charge in [0, 0.05) is 17.9 Å². The number of alkyl halides is 1. The number of cyclic esters (lactones) is 2. The van der Waals surface area contributed by atoms with Crippen LogP contribution < -0.4 is 0 Å². The Balaban J connectivity index is 1.57. The fraction of sp³-hybridized carbons (Fsp3) is 0.824. The highest BCUT2D eigenvalue weighted by Gasteiger charge is 2.71. The highest BCUT2D eigenvalue weighted by molar-refractivity contribution is 6.26. The van der Waals surface area contributed by atoms with Crippen LogP contribution in [0.1, 0.15) is 107 Å². The van der Waals surface area contributed by atoms with E-state index in [2.05, 4.69) is 34.6 Å². The molecule has 5 aliphatic rings. The lowest BCUT2D eigenvalue weighted by molar-refractivity contribution is -0.235. The first-order valence-electron chi connectivity index (χ1n) is 15.9. The minimum atomic E-state index is -1.11. The third-order valence-corrected chi connectivity index (χ3v) is 13.5. The summed E-state index contributed by atoms with van der Waals surface area (Å²) >= 11 is 5.81. The predicted molar refractivity (Wildman–Crippen MR) is 158 cm³/mol. The molecule has 0 radical (unpaired) electrons. The Morgan fingerprint density at radius 2 is 1.62 bits per heavy atom. The number of hydrogen-bond donors (Lipinski definition) is 0. The summed E-state index contributed by atoms with van der Waals surface area (Å²) in [6, 6.07) is 0. The van der Waals surface area contributed by atoms with Crippen LogP contribution in [0, 0.1) is 50.7 Å². The SMILES string of the molecule is CC(=O)OC[C@@]12CC[C@]3(C)C(CCC4[C@@]5(C)CC[C@H](OC(=O)CCl)C(C)(C)C5CC[C@]43C)C1=C(C(C)C)C(=O)OC2=O. The van der Waals surface area contributed by atoms with Gasteiger partial charge >= 0.3 is 23.9 Å². The molecule has 0 spiro atoms. The maximum atomic E-state index is 13.6. The van der Waals surface area contributed by atoms with Crippen molar-refractivity contribution in [2.24, 2.45) is 50.7 Å². The minimum Gasteiger partial charge on any atom is -0.464 e. The maximum Gasteiger partial charge on any atom is 0.341 e. The van der Waals surface area contributed by atoms with E-state index in [4.69, 9.17) is 25.8 Å². The summed E-state index contributed by atoms with van der Waals surface area (Å²) in [5.74, 6) is -1.27. The Morgan fingerprint density at radius 3 is 2.24 bits per heavy atom. The van der Waals surface area contributed by atoms with Crippen molar-refractivity contribution >= 4 is 35.5 Å². The molecule has 0 aromatic heterocycles. The highest BCUT2D eigenvalue weighted by atomic mass is 35.5. The van der Waals surface area contributed by atoms with Crippen LogP contribution in [0.5, 0.6) is 0 Å². The van der Waals surface area contributed by atoms with Crippen molar-refractivity contribution in [3.8, 4) is 0 Å². The van der Waals surface area contributed by atoms with Crippen LogP contribution in [0.3, 0.4) is 0 Å². The molecular weight excluding hydrogens is 556 g/mol. The maximum absolute atomic E-state index is 13.6. The van der Waals surface area contributed by atoms with E-state index in [-0.39, 0.29) is 58.1 Å². The van der Waals surface area contributed by atoms with E-state index in [0.717, 1.165) is 50.5 Å². The number of rotatable bonds is 5. The molecule has 5 rings (SSSR count). The van der Waals surface area contributed by atoms with E-state index in [1.54, 1.807) is 0 Å². The van der Waals surface area contributed by atoms with E-state index >= 15 is 0 Å². The summed E-state index contributed by atoms with van der Waals surface area (Å²) in [7, 11) is 0. The molecule has 4 aliphatic carbocycles. The molecule has 1 heterocycles. The molecule has 0 saturated heterocycles. The molecule has 4 fully saturated rings. The third-order valence-electron chi connectivity index (χ3n) is 13.3. The van der Waals surface area contributed by atoms with Crippen molar-refractivity contribution in [1.29, 1.82) is 0 Å². The quantitative estimate of drug-likeness (QED) is 0.147. The van der Waals surface area contributed by atoms with Crippen LogP contribution in [0.4, 0.5) is 0 Å². The number of ether oxygens (including phenoxy) is 3. The van der Waals surface area contributed by atoms with Gasteiger partial charge in [0.2, 0.25) is 0 Å². The van der Waals surface area contributed by atoms with E-state index in [9.17, 15) is 19.2 Å². The standard InChI is InChI=1S/C34H49ClO7/c1-19(2)26-27-21-9-10-23-31(6)13-12-24(41-25(37)17-35)30(4,5)22(31)11-14-33(23,8)32(21,7)15-16-34(27,18-40-20(3)36)29(39)42-28(26)38/h19,21-24H,9-18H2,1-8H3/t21?,22?,23?,24-,31-,32+,33+,34-/m0/s1. The zero-order valence-electron chi connectivity index (χ0n) is 26.7. The van der Waals surface area contributed by atoms with Gasteiger partial charge < -0.3 is 14.2 Å². The molecule has 42 heavy (non-hydrogen) atoms. The van der Waals surface area contributed by atoms with Gasteiger partial charge in [-0.25, -0.2) is 4.79 Å². The summed E-state index contributed by atoms with van der Waals surface area (Å²) in [6.45, 7) is 17.1. The average Bonchev–Trinajstić information content (AvgIpc) is 2.89. The molecular formula is C34H49ClO7. The zero-order chi connectivity index (χ0) is 31.0. The second kappa shape index (κ2) is 10.3. The lowest BCUT2D eigenvalue weighted by Crippen LogP contribution is -2.67. The molecule has 8 atom stereocenters. The molecule has 0 amide bonds. The van der Waals surface area contributed by atoms with Crippen LogP contribution in [0.15, 0.2) is 11.1 Å². The third kappa shape index (κ3) is 4.25. The van der Waals surface area contributed by atoms with Crippen molar-refractivity contribution in [1.82, 2.24) is 0 Å². The van der Waals surface area contributed by atoms with Crippen LogP contribution in [0.2, 0.25) is 0 Å². The monoisotopic (exact) mass is 604 g/mol.